The molecule has 0 aliphatic carbocycles. The zero-order valence-electron chi connectivity index (χ0n) is 15.0. The second-order valence-corrected chi connectivity index (χ2v) is 7.38. The first-order chi connectivity index (χ1) is 11.4. The van der Waals surface area contributed by atoms with E-state index in [9.17, 15) is 9.59 Å². The predicted molar refractivity (Wildman–Crippen MR) is 94.0 cm³/mol. The summed E-state index contributed by atoms with van der Waals surface area (Å²) in [5, 5.41) is 3.38. The van der Waals surface area contributed by atoms with Crippen molar-refractivity contribution < 1.29 is 9.59 Å². The Morgan fingerprint density at radius 1 is 1.25 bits per heavy atom. The van der Waals surface area contributed by atoms with E-state index in [4.69, 9.17) is 0 Å². The highest BCUT2D eigenvalue weighted by Crippen LogP contribution is 2.47. The SMILES string of the molecule is CC(C)N1C(=O)c2ccccc2C(C(=O)N(C)C)C12CCNCC2. The maximum absolute atomic E-state index is 13.3. The Balaban J connectivity index is 2.25. The lowest BCUT2D eigenvalue weighted by molar-refractivity contribution is -0.135. The molecular weight excluding hydrogens is 302 g/mol. The van der Waals surface area contributed by atoms with Gasteiger partial charge >= 0.3 is 0 Å². The van der Waals surface area contributed by atoms with Crippen LogP contribution in [0.25, 0.3) is 0 Å². The highest BCUT2D eigenvalue weighted by Gasteiger charge is 2.55. The van der Waals surface area contributed by atoms with Gasteiger partial charge < -0.3 is 15.1 Å². The molecule has 2 aliphatic heterocycles. The summed E-state index contributed by atoms with van der Waals surface area (Å²) in [5.74, 6) is -0.154. The number of hydrogen-bond acceptors (Lipinski definition) is 3. The molecular formula is C19H27N3O2. The third-order valence-corrected chi connectivity index (χ3v) is 5.41. The summed E-state index contributed by atoms with van der Waals surface area (Å²) in [5.41, 5.74) is 1.13. The first-order valence-electron chi connectivity index (χ1n) is 8.74. The molecule has 1 unspecified atom stereocenters. The van der Waals surface area contributed by atoms with Crippen molar-refractivity contribution in [3.05, 3.63) is 35.4 Å². The van der Waals surface area contributed by atoms with Crippen molar-refractivity contribution in [1.29, 1.82) is 0 Å². The third kappa shape index (κ3) is 2.42. The Bertz CT molecular complexity index is 648. The molecule has 1 atom stereocenters. The van der Waals surface area contributed by atoms with Gasteiger partial charge in [0.15, 0.2) is 0 Å². The van der Waals surface area contributed by atoms with Gasteiger partial charge in [-0.3, -0.25) is 9.59 Å². The number of carbonyl (C=O) groups is 2. The minimum Gasteiger partial charge on any atom is -0.348 e. The Morgan fingerprint density at radius 2 is 1.88 bits per heavy atom. The fourth-order valence-electron chi connectivity index (χ4n) is 4.46. The van der Waals surface area contributed by atoms with E-state index >= 15 is 0 Å². The number of fused-ring (bicyclic) bond motifs is 1. The van der Waals surface area contributed by atoms with E-state index < -0.39 is 5.54 Å². The maximum Gasteiger partial charge on any atom is 0.254 e. The summed E-state index contributed by atoms with van der Waals surface area (Å²) in [6.07, 6.45) is 1.60. The second kappa shape index (κ2) is 6.20. The van der Waals surface area contributed by atoms with Gasteiger partial charge in [-0.2, -0.15) is 0 Å². The number of benzene rings is 1. The van der Waals surface area contributed by atoms with Crippen molar-refractivity contribution >= 4 is 11.8 Å². The van der Waals surface area contributed by atoms with E-state index in [1.807, 2.05) is 43.0 Å². The molecule has 2 heterocycles. The highest BCUT2D eigenvalue weighted by molar-refractivity contribution is 6.02. The number of piperidine rings is 1. The molecule has 130 valence electrons. The Hall–Kier alpha value is -1.88. The van der Waals surface area contributed by atoms with Gasteiger partial charge in [0.25, 0.3) is 5.91 Å². The van der Waals surface area contributed by atoms with Crippen LogP contribution in [-0.2, 0) is 4.79 Å². The first-order valence-corrected chi connectivity index (χ1v) is 8.74. The van der Waals surface area contributed by atoms with E-state index in [1.165, 1.54) is 0 Å². The summed E-state index contributed by atoms with van der Waals surface area (Å²) < 4.78 is 0. The van der Waals surface area contributed by atoms with Gasteiger partial charge in [0.2, 0.25) is 5.91 Å². The minimum absolute atomic E-state index is 0.0569. The molecule has 1 aromatic rings. The van der Waals surface area contributed by atoms with Crippen LogP contribution < -0.4 is 5.32 Å². The number of hydrogen-bond donors (Lipinski definition) is 1. The van der Waals surface area contributed by atoms with Crippen LogP contribution in [0.5, 0.6) is 0 Å². The molecule has 5 nitrogen and oxygen atoms in total. The van der Waals surface area contributed by atoms with Crippen molar-refractivity contribution in [3.63, 3.8) is 0 Å². The molecule has 1 fully saturated rings. The van der Waals surface area contributed by atoms with Crippen molar-refractivity contribution in [1.82, 2.24) is 15.1 Å². The normalized spacial score (nSPS) is 22.6. The molecule has 24 heavy (non-hydrogen) atoms. The van der Waals surface area contributed by atoms with Gasteiger partial charge in [-0.1, -0.05) is 18.2 Å². The summed E-state index contributed by atoms with van der Waals surface area (Å²) in [6, 6.07) is 7.69. The number of nitrogens with zero attached hydrogens (tertiary/aromatic N) is 2. The molecule has 3 rings (SSSR count). The lowest BCUT2D eigenvalue weighted by Gasteiger charge is -2.55. The van der Waals surface area contributed by atoms with Crippen molar-refractivity contribution in [2.24, 2.45) is 0 Å². The molecule has 0 radical (unpaired) electrons. The number of amides is 2. The van der Waals surface area contributed by atoms with Crippen LogP contribution in [0.15, 0.2) is 24.3 Å². The van der Waals surface area contributed by atoms with Gasteiger partial charge in [0, 0.05) is 25.7 Å². The van der Waals surface area contributed by atoms with Crippen molar-refractivity contribution in [2.45, 2.75) is 44.2 Å². The monoisotopic (exact) mass is 329 g/mol. The number of rotatable bonds is 2. The fourth-order valence-corrected chi connectivity index (χ4v) is 4.46. The van der Waals surface area contributed by atoms with Crippen LogP contribution in [0.4, 0.5) is 0 Å². The van der Waals surface area contributed by atoms with E-state index in [0.717, 1.165) is 31.5 Å². The fraction of sp³-hybridized carbons (Fsp3) is 0.579. The molecule has 0 saturated carbocycles. The van der Waals surface area contributed by atoms with Crippen LogP contribution in [-0.4, -0.2) is 60.4 Å². The number of carbonyl (C=O) groups excluding carboxylic acids is 2. The smallest absolute Gasteiger partial charge is 0.254 e. The molecule has 1 spiro atoms. The van der Waals surface area contributed by atoms with Crippen LogP contribution in [0.1, 0.15) is 48.5 Å². The zero-order chi connectivity index (χ0) is 17.5. The van der Waals surface area contributed by atoms with Gasteiger partial charge in [0.05, 0.1) is 11.5 Å². The van der Waals surface area contributed by atoms with E-state index in [1.54, 1.807) is 19.0 Å². The van der Waals surface area contributed by atoms with E-state index in [0.29, 0.717) is 5.56 Å². The van der Waals surface area contributed by atoms with E-state index in [-0.39, 0.29) is 23.8 Å². The third-order valence-electron chi connectivity index (χ3n) is 5.41. The van der Waals surface area contributed by atoms with Gasteiger partial charge in [0.1, 0.15) is 0 Å². The molecule has 1 saturated heterocycles. The lowest BCUT2D eigenvalue weighted by Crippen LogP contribution is -2.66. The molecule has 0 bridgehead atoms. The molecule has 1 N–H and O–H groups in total. The topological polar surface area (TPSA) is 52.7 Å². The first kappa shape index (κ1) is 17.0. The highest BCUT2D eigenvalue weighted by atomic mass is 16.2. The van der Waals surface area contributed by atoms with Gasteiger partial charge in [-0.25, -0.2) is 0 Å². The van der Waals surface area contributed by atoms with Crippen LogP contribution in [0, 0.1) is 0 Å². The average Bonchev–Trinajstić information content (AvgIpc) is 2.55. The summed E-state index contributed by atoms with van der Waals surface area (Å²) in [4.78, 5) is 30.1. The summed E-state index contributed by atoms with van der Waals surface area (Å²) in [7, 11) is 3.60. The lowest BCUT2D eigenvalue weighted by atomic mass is 9.67. The second-order valence-electron chi connectivity index (χ2n) is 7.38. The number of likely N-dealkylation sites (N-methyl/N-ethyl adjacent to an activating group) is 1. The molecule has 2 amide bonds. The molecule has 1 aromatic carbocycles. The van der Waals surface area contributed by atoms with E-state index in [2.05, 4.69) is 5.32 Å². The van der Waals surface area contributed by atoms with Crippen molar-refractivity contribution in [2.75, 3.05) is 27.2 Å². The average molecular weight is 329 g/mol. The van der Waals surface area contributed by atoms with Crippen LogP contribution >= 0.6 is 0 Å². The Labute approximate surface area is 144 Å². The number of nitrogens with one attached hydrogen (secondary N) is 1. The maximum atomic E-state index is 13.3. The standard InChI is InChI=1S/C19H27N3O2/c1-13(2)22-17(23)15-8-6-5-7-14(15)16(18(24)21(3)4)19(22)9-11-20-12-10-19/h5-8,13,16,20H,9-12H2,1-4H3. The largest absolute Gasteiger partial charge is 0.348 e. The molecule has 5 heteroatoms. The molecule has 0 aromatic heterocycles. The summed E-state index contributed by atoms with van der Waals surface area (Å²) in [6.45, 7) is 5.76. The summed E-state index contributed by atoms with van der Waals surface area (Å²) >= 11 is 0. The van der Waals surface area contributed by atoms with Crippen molar-refractivity contribution in [3.8, 4) is 0 Å². The Kier molecular flexibility index (Phi) is 4.38. The van der Waals surface area contributed by atoms with Gasteiger partial charge in [-0.15, -0.1) is 0 Å². The van der Waals surface area contributed by atoms with Gasteiger partial charge in [-0.05, 0) is 51.4 Å². The quantitative estimate of drug-likeness (QED) is 0.901. The minimum atomic E-state index is -0.438. The Morgan fingerprint density at radius 3 is 2.46 bits per heavy atom. The van der Waals surface area contributed by atoms with Crippen LogP contribution in [0.3, 0.4) is 0 Å². The van der Waals surface area contributed by atoms with Crippen LogP contribution in [0.2, 0.25) is 0 Å². The molecule has 2 aliphatic rings. The predicted octanol–water partition coefficient (Wildman–Crippen LogP) is 1.84. The zero-order valence-corrected chi connectivity index (χ0v) is 15.0.